The molecule has 6 aromatic rings. The second kappa shape index (κ2) is 17.9. The molecule has 1 unspecified atom stereocenters. The molecule has 58 heavy (non-hydrogen) atoms. The molecule has 4 N–H and O–H groups in total. The van der Waals surface area contributed by atoms with Gasteiger partial charge in [0, 0.05) is 53.9 Å². The van der Waals surface area contributed by atoms with Crippen molar-refractivity contribution in [1.29, 1.82) is 0 Å². The Kier molecular flexibility index (Phi) is 13.0. The highest BCUT2D eigenvalue weighted by Crippen LogP contribution is 2.38. The predicted molar refractivity (Wildman–Crippen MR) is 196 cm³/mol. The maximum Gasteiger partial charge on any atom is 0.416 e. The lowest BCUT2D eigenvalue weighted by Crippen LogP contribution is -2.39. The van der Waals surface area contributed by atoms with Crippen LogP contribution in [0.2, 0.25) is 5.02 Å². The van der Waals surface area contributed by atoms with Crippen molar-refractivity contribution in [3.8, 4) is 28.3 Å². The second-order valence-corrected chi connectivity index (χ2v) is 12.4. The molecule has 0 aliphatic rings. The molecule has 2 aromatic carbocycles. The highest BCUT2D eigenvalue weighted by molar-refractivity contribution is 6.30. The first-order chi connectivity index (χ1) is 27.4. The number of nitrogens with one attached hydrogen (secondary N) is 3. The molecule has 4 heterocycles. The van der Waals surface area contributed by atoms with Crippen molar-refractivity contribution in [2.75, 3.05) is 12.0 Å². The largest absolute Gasteiger partial charge is 0.416 e. The van der Waals surface area contributed by atoms with Gasteiger partial charge in [0.1, 0.15) is 17.6 Å². The Morgan fingerprint density at radius 1 is 0.931 bits per heavy atom. The maximum absolute atomic E-state index is 13.0. The highest BCUT2D eigenvalue weighted by Gasteiger charge is 2.37. The van der Waals surface area contributed by atoms with Crippen molar-refractivity contribution >= 4 is 35.4 Å². The number of halogens is 7. The molecule has 23 heteroatoms. The van der Waals surface area contributed by atoms with Gasteiger partial charge in [-0.1, -0.05) is 23.7 Å². The molecule has 0 fully saturated rings. The van der Waals surface area contributed by atoms with Crippen molar-refractivity contribution in [1.82, 2.24) is 55.0 Å². The van der Waals surface area contributed by atoms with Crippen LogP contribution in [0.15, 0.2) is 96.7 Å². The molecule has 16 nitrogen and oxygen atoms in total. The van der Waals surface area contributed by atoms with Gasteiger partial charge >= 0.3 is 12.4 Å². The molecular weight excluding hydrogens is 802 g/mol. The summed E-state index contributed by atoms with van der Waals surface area (Å²) in [5, 5.41) is 24.5. The van der Waals surface area contributed by atoms with E-state index in [9.17, 15) is 40.7 Å². The summed E-state index contributed by atoms with van der Waals surface area (Å²) in [6, 6.07) is 8.87. The average Bonchev–Trinajstić information content (AvgIpc) is 3.85. The molecule has 0 aliphatic heterocycles. The zero-order chi connectivity index (χ0) is 42.2. The third kappa shape index (κ3) is 11.1. The van der Waals surface area contributed by atoms with Crippen LogP contribution < -0.4 is 21.7 Å². The number of anilines is 1. The minimum Gasteiger partial charge on any atom is -0.394 e. The Hall–Kier alpha value is -6.94. The topological polar surface area (TPSA) is 200 Å². The van der Waals surface area contributed by atoms with Crippen molar-refractivity contribution < 1.29 is 41.0 Å². The number of rotatable bonds is 10. The number of nitrogens with zero attached hydrogens (tertiary/aromatic N) is 9. The molecule has 0 bridgehead atoms. The SMILES string of the molecule is CC(CO)NC(=O)c1cc(-c2ccc(Cl)cc2)nn(-c2cnn(C)c2)c1=O.O=C(C=Cn1cnc(-c2cc(C(F)(F)F)cc(C(F)(F)F)c2)n1)NNc1cnccn1. The van der Waals surface area contributed by atoms with Crippen molar-refractivity contribution in [3.63, 3.8) is 0 Å². The van der Waals surface area contributed by atoms with Crippen LogP contribution in [0.3, 0.4) is 0 Å². The van der Waals surface area contributed by atoms with Crippen molar-refractivity contribution in [3.05, 3.63) is 124 Å². The van der Waals surface area contributed by atoms with E-state index in [1.807, 2.05) is 0 Å². The fourth-order valence-corrected chi connectivity index (χ4v) is 4.82. The van der Waals surface area contributed by atoms with Crippen LogP contribution in [0.5, 0.6) is 0 Å². The van der Waals surface area contributed by atoms with Gasteiger partial charge in [-0.2, -0.15) is 41.2 Å². The number of aliphatic hydroxyl groups is 1. The van der Waals surface area contributed by atoms with E-state index in [1.54, 1.807) is 44.4 Å². The van der Waals surface area contributed by atoms with E-state index in [0.29, 0.717) is 34.1 Å². The van der Waals surface area contributed by atoms with Gasteiger partial charge in [0.05, 0.1) is 42.0 Å². The Morgan fingerprint density at radius 3 is 2.21 bits per heavy atom. The van der Waals surface area contributed by atoms with E-state index in [1.165, 1.54) is 35.5 Å². The molecule has 0 saturated heterocycles. The molecule has 4 aromatic heterocycles. The number of carbonyl (C=O) groups excluding carboxylic acids is 2. The van der Waals surface area contributed by atoms with E-state index in [4.69, 9.17) is 16.7 Å². The smallest absolute Gasteiger partial charge is 0.394 e. The first-order valence-corrected chi connectivity index (χ1v) is 16.8. The lowest BCUT2D eigenvalue weighted by molar-refractivity contribution is -0.143. The van der Waals surface area contributed by atoms with E-state index in [0.717, 1.165) is 28.0 Å². The fourth-order valence-electron chi connectivity index (χ4n) is 4.70. The average molecular weight is 831 g/mol. The van der Waals surface area contributed by atoms with Gasteiger partial charge in [0.15, 0.2) is 11.6 Å². The van der Waals surface area contributed by atoms with Gasteiger partial charge in [-0.05, 0) is 43.3 Å². The maximum atomic E-state index is 13.0. The van der Waals surface area contributed by atoms with Crippen LogP contribution in [0, 0.1) is 0 Å². The number of hydrogen-bond donors (Lipinski definition) is 4. The number of alkyl halides is 6. The molecule has 0 spiro atoms. The zero-order valence-corrected chi connectivity index (χ0v) is 30.6. The summed E-state index contributed by atoms with van der Waals surface area (Å²) in [6.07, 6.45) is 0.393. The van der Waals surface area contributed by atoms with Crippen molar-refractivity contribution in [2.24, 2.45) is 7.05 Å². The summed E-state index contributed by atoms with van der Waals surface area (Å²) in [6.45, 7) is 1.40. The van der Waals surface area contributed by atoms with Crippen LogP contribution >= 0.6 is 11.6 Å². The summed E-state index contributed by atoms with van der Waals surface area (Å²) in [7, 11) is 1.72. The number of aliphatic hydroxyl groups excluding tert-OH is 1. The molecule has 1 atom stereocenters. The molecule has 2 amide bonds. The number of amides is 2. The van der Waals surface area contributed by atoms with Gasteiger partial charge < -0.3 is 10.4 Å². The van der Waals surface area contributed by atoms with E-state index in [2.05, 4.69) is 46.4 Å². The summed E-state index contributed by atoms with van der Waals surface area (Å²) in [4.78, 5) is 48.5. The van der Waals surface area contributed by atoms with E-state index < -0.39 is 52.5 Å². The number of carbonyl (C=O) groups is 2. The van der Waals surface area contributed by atoms with Crippen LogP contribution in [0.1, 0.15) is 28.4 Å². The van der Waals surface area contributed by atoms with Crippen LogP contribution in [-0.2, 0) is 24.2 Å². The van der Waals surface area contributed by atoms with Gasteiger partial charge in [0.25, 0.3) is 17.4 Å². The van der Waals surface area contributed by atoms with Gasteiger partial charge in [-0.15, -0.1) is 5.10 Å². The minimum atomic E-state index is -4.99. The number of hydrogen-bond acceptors (Lipinski definition) is 11. The summed E-state index contributed by atoms with van der Waals surface area (Å²) < 4.78 is 81.5. The second-order valence-electron chi connectivity index (χ2n) is 12.0. The minimum absolute atomic E-state index is 0.00878. The molecule has 302 valence electrons. The molecule has 0 saturated carbocycles. The first kappa shape index (κ1) is 42.2. The number of hydrazine groups is 1. The van der Waals surface area contributed by atoms with Crippen LogP contribution in [0.25, 0.3) is 34.5 Å². The van der Waals surface area contributed by atoms with Crippen molar-refractivity contribution in [2.45, 2.75) is 25.3 Å². The van der Waals surface area contributed by atoms with Gasteiger partial charge in [-0.3, -0.25) is 34.9 Å². The fraction of sp³-hybridized carbons (Fsp3) is 0.171. The molecule has 0 radical (unpaired) electrons. The standard InChI is InChI=1S/C18H18ClN5O3.C17H11F6N7O/c1-11(10-25)21-17(26)15-7-16(12-3-5-13(19)6-4-12)22-24(18(15)27)14-8-20-23(2)9-14;18-16(19,20)11-5-10(6-12(7-11)17(21,22)23)15-26-9-30(29-15)4-1-14(31)28-27-13-8-24-2-3-25-13/h3-9,11,25H,10H2,1-2H3,(H,21,26);1-9H,(H,25,27)(H,28,31). The predicted octanol–water partition coefficient (Wildman–Crippen LogP) is 4.78. The summed E-state index contributed by atoms with van der Waals surface area (Å²) in [5.74, 6) is -1.37. The zero-order valence-electron chi connectivity index (χ0n) is 29.9. The van der Waals surface area contributed by atoms with E-state index in [-0.39, 0.29) is 29.9 Å². The van der Waals surface area contributed by atoms with Gasteiger partial charge in [-0.25, -0.2) is 14.6 Å². The summed E-state index contributed by atoms with van der Waals surface area (Å²) >= 11 is 5.93. The third-order valence-corrected chi connectivity index (χ3v) is 7.75. The number of aryl methyl sites for hydroxylation is 1. The Labute approximate surface area is 327 Å². The highest BCUT2D eigenvalue weighted by atomic mass is 35.5. The normalized spacial score (nSPS) is 12.1. The lowest BCUT2D eigenvalue weighted by Gasteiger charge is -2.13. The quantitative estimate of drug-likeness (QED) is 0.0842. The van der Waals surface area contributed by atoms with Crippen LogP contribution in [0.4, 0.5) is 32.2 Å². The third-order valence-electron chi connectivity index (χ3n) is 7.49. The lowest BCUT2D eigenvalue weighted by atomic mass is 10.0. The Bertz CT molecular complexity index is 2440. The first-order valence-electron chi connectivity index (χ1n) is 16.4. The summed E-state index contributed by atoms with van der Waals surface area (Å²) in [5.41, 5.74) is 2.17. The molecule has 0 aliphatic carbocycles. The Morgan fingerprint density at radius 2 is 1.62 bits per heavy atom. The monoisotopic (exact) mass is 830 g/mol. The molecular formula is C35H29ClF6N12O4. The molecule has 6 rings (SSSR count). The number of benzene rings is 2. The van der Waals surface area contributed by atoms with Gasteiger partial charge in [0.2, 0.25) is 0 Å². The Balaban J connectivity index is 0.000000223. The number of aromatic nitrogens is 9. The van der Waals surface area contributed by atoms with Crippen LogP contribution in [-0.4, -0.2) is 73.9 Å². The van der Waals surface area contributed by atoms with E-state index >= 15 is 0 Å².